The number of hydrogen-bond acceptors (Lipinski definition) is 6. The highest BCUT2D eigenvalue weighted by molar-refractivity contribution is 7.92. The summed E-state index contributed by atoms with van der Waals surface area (Å²) >= 11 is 6.13. The number of carbonyl (C=O) groups is 1. The van der Waals surface area contributed by atoms with Gasteiger partial charge in [0.1, 0.15) is 12.3 Å². The van der Waals surface area contributed by atoms with E-state index in [-0.39, 0.29) is 26.9 Å². The molecule has 9 nitrogen and oxygen atoms in total. The van der Waals surface area contributed by atoms with Crippen molar-refractivity contribution in [2.45, 2.75) is 29.6 Å². The topological polar surface area (TPSA) is 113 Å². The lowest BCUT2D eigenvalue weighted by molar-refractivity contribution is -0.114. The lowest BCUT2D eigenvalue weighted by Crippen LogP contribution is -2.38. The van der Waals surface area contributed by atoms with Crippen LogP contribution in [0, 0.1) is 6.92 Å². The van der Waals surface area contributed by atoms with E-state index in [0.717, 1.165) is 22.7 Å². The molecule has 3 aromatic carbocycles. The van der Waals surface area contributed by atoms with Crippen LogP contribution in [0.1, 0.15) is 18.4 Å². The molecule has 1 aliphatic rings. The lowest BCUT2D eigenvalue weighted by atomic mass is 10.2. The molecule has 12 heteroatoms. The Bertz CT molecular complexity index is 1540. The molecule has 0 aromatic heterocycles. The normalized spacial score (nSPS) is 14.3. The number of anilines is 2. The van der Waals surface area contributed by atoms with E-state index >= 15 is 0 Å². The average molecular weight is 578 g/mol. The lowest BCUT2D eigenvalue weighted by Gasteiger charge is -2.24. The summed E-state index contributed by atoms with van der Waals surface area (Å²) in [6, 6.07) is 16.6. The molecule has 202 valence electrons. The fourth-order valence-corrected chi connectivity index (χ4v) is 7.27. The van der Waals surface area contributed by atoms with Gasteiger partial charge in [0.15, 0.2) is 0 Å². The summed E-state index contributed by atoms with van der Waals surface area (Å²) in [5, 5.41) is 2.93. The van der Waals surface area contributed by atoms with E-state index in [1.54, 1.807) is 24.3 Å². The highest BCUT2D eigenvalue weighted by Crippen LogP contribution is 2.31. The summed E-state index contributed by atoms with van der Waals surface area (Å²) in [7, 11) is -6.51. The Morgan fingerprint density at radius 1 is 0.974 bits per heavy atom. The zero-order valence-electron chi connectivity index (χ0n) is 20.9. The maximum Gasteiger partial charge on any atom is 0.264 e. The third-order valence-electron chi connectivity index (χ3n) is 6.14. The van der Waals surface area contributed by atoms with Gasteiger partial charge in [-0.05, 0) is 68.3 Å². The molecule has 4 rings (SSSR count). The van der Waals surface area contributed by atoms with Crippen LogP contribution in [0.3, 0.4) is 0 Å². The molecule has 1 heterocycles. The number of ether oxygens (including phenoxy) is 1. The number of hydrogen-bond donors (Lipinski definition) is 1. The van der Waals surface area contributed by atoms with E-state index in [4.69, 9.17) is 16.3 Å². The summed E-state index contributed by atoms with van der Waals surface area (Å²) in [4.78, 5) is 13.2. The number of nitrogens with zero attached hydrogens (tertiary/aromatic N) is 2. The molecule has 0 atom stereocenters. The van der Waals surface area contributed by atoms with Gasteiger partial charge in [0.25, 0.3) is 10.0 Å². The molecule has 0 radical (unpaired) electrons. The summed E-state index contributed by atoms with van der Waals surface area (Å²) < 4.78 is 61.0. The SMILES string of the molecule is COc1ccc(S(=O)(=O)N2CCCC2)cc1NC(=O)CN(c1cccc(Cl)c1)S(=O)(=O)c1ccc(C)cc1. The number of amides is 1. The zero-order valence-corrected chi connectivity index (χ0v) is 23.3. The molecule has 0 aliphatic carbocycles. The van der Waals surface area contributed by atoms with Gasteiger partial charge in [-0.1, -0.05) is 35.4 Å². The van der Waals surface area contributed by atoms with E-state index in [2.05, 4.69) is 5.32 Å². The largest absolute Gasteiger partial charge is 0.495 e. The molecular weight excluding hydrogens is 550 g/mol. The molecule has 0 bridgehead atoms. The van der Waals surface area contributed by atoms with Crippen molar-refractivity contribution in [2.24, 2.45) is 0 Å². The second kappa shape index (κ2) is 11.3. The number of nitrogens with one attached hydrogen (secondary N) is 1. The average Bonchev–Trinajstić information content (AvgIpc) is 3.43. The molecule has 0 spiro atoms. The van der Waals surface area contributed by atoms with Crippen LogP contribution in [0.5, 0.6) is 5.75 Å². The molecule has 1 fully saturated rings. The van der Waals surface area contributed by atoms with Crippen molar-refractivity contribution in [3.05, 3.63) is 77.3 Å². The fraction of sp³-hybridized carbons (Fsp3) is 0.269. The minimum atomic E-state index is -4.15. The molecule has 1 aliphatic heterocycles. The second-order valence-electron chi connectivity index (χ2n) is 8.83. The molecule has 3 aromatic rings. The number of rotatable bonds is 9. The van der Waals surface area contributed by atoms with Crippen molar-refractivity contribution < 1.29 is 26.4 Å². The minimum Gasteiger partial charge on any atom is -0.495 e. The van der Waals surface area contributed by atoms with Gasteiger partial charge in [-0.15, -0.1) is 0 Å². The van der Waals surface area contributed by atoms with Gasteiger partial charge in [0, 0.05) is 18.1 Å². The van der Waals surface area contributed by atoms with Gasteiger partial charge < -0.3 is 10.1 Å². The van der Waals surface area contributed by atoms with Crippen molar-refractivity contribution in [1.82, 2.24) is 4.31 Å². The molecular formula is C26H28ClN3O6S2. The van der Waals surface area contributed by atoms with Crippen molar-refractivity contribution in [3.63, 3.8) is 0 Å². The van der Waals surface area contributed by atoms with Crippen LogP contribution in [-0.4, -0.2) is 53.8 Å². The standard InChI is InChI=1S/C26H28ClN3O6S2/c1-19-8-10-22(11-9-19)38(34,35)30(21-7-5-6-20(27)16-21)18-26(31)28-24-17-23(12-13-25(24)36-2)37(32,33)29-14-3-4-15-29/h5-13,16-17H,3-4,14-15,18H2,1-2H3,(H,28,31). The van der Waals surface area contributed by atoms with Crippen LogP contribution in [0.4, 0.5) is 11.4 Å². The Labute approximate surface area is 228 Å². The van der Waals surface area contributed by atoms with Crippen LogP contribution < -0.4 is 14.4 Å². The van der Waals surface area contributed by atoms with Crippen LogP contribution in [0.25, 0.3) is 0 Å². The monoisotopic (exact) mass is 577 g/mol. The molecule has 0 saturated carbocycles. The number of methoxy groups -OCH3 is 1. The summed E-state index contributed by atoms with van der Waals surface area (Å²) in [5.74, 6) is -0.468. The summed E-state index contributed by atoms with van der Waals surface area (Å²) in [5.41, 5.74) is 1.19. The third-order valence-corrected chi connectivity index (χ3v) is 10.1. The first-order valence-electron chi connectivity index (χ1n) is 11.9. The van der Waals surface area contributed by atoms with Gasteiger partial charge in [0.05, 0.1) is 28.3 Å². The number of aryl methyl sites for hydroxylation is 1. The van der Waals surface area contributed by atoms with Gasteiger partial charge >= 0.3 is 0 Å². The maximum atomic E-state index is 13.6. The first kappa shape index (κ1) is 27.9. The Balaban J connectivity index is 1.66. The summed E-state index contributed by atoms with van der Waals surface area (Å²) in [6.45, 7) is 2.11. The Morgan fingerprint density at radius 2 is 1.63 bits per heavy atom. The Kier molecular flexibility index (Phi) is 8.31. The number of sulfonamides is 2. The van der Waals surface area contributed by atoms with Crippen molar-refractivity contribution >= 4 is 48.9 Å². The van der Waals surface area contributed by atoms with Crippen molar-refractivity contribution in [1.29, 1.82) is 0 Å². The number of halogens is 1. The Morgan fingerprint density at radius 3 is 2.26 bits per heavy atom. The van der Waals surface area contributed by atoms with Crippen molar-refractivity contribution in [3.8, 4) is 5.75 Å². The van der Waals surface area contributed by atoms with E-state index in [1.807, 2.05) is 6.92 Å². The third kappa shape index (κ3) is 5.96. The van der Waals surface area contributed by atoms with Crippen LogP contribution in [0.2, 0.25) is 5.02 Å². The second-order valence-corrected chi connectivity index (χ2v) is 13.1. The van der Waals surface area contributed by atoms with E-state index < -0.39 is 32.5 Å². The van der Waals surface area contributed by atoms with Gasteiger partial charge in [-0.2, -0.15) is 4.31 Å². The quantitative estimate of drug-likeness (QED) is 0.406. The Hall–Kier alpha value is -3.12. The molecule has 38 heavy (non-hydrogen) atoms. The number of benzene rings is 3. The molecule has 1 amide bonds. The summed E-state index contributed by atoms with van der Waals surface area (Å²) in [6.07, 6.45) is 1.57. The van der Waals surface area contributed by atoms with E-state index in [9.17, 15) is 21.6 Å². The first-order valence-corrected chi connectivity index (χ1v) is 15.1. The maximum absolute atomic E-state index is 13.6. The predicted octanol–water partition coefficient (Wildman–Crippen LogP) is 4.28. The highest BCUT2D eigenvalue weighted by atomic mass is 35.5. The first-order chi connectivity index (χ1) is 18.0. The van der Waals surface area contributed by atoms with Crippen molar-refractivity contribution in [2.75, 3.05) is 36.4 Å². The van der Waals surface area contributed by atoms with Crippen LogP contribution in [-0.2, 0) is 24.8 Å². The van der Waals surface area contributed by atoms with Crippen LogP contribution in [0.15, 0.2) is 76.5 Å². The highest BCUT2D eigenvalue weighted by Gasteiger charge is 2.30. The zero-order chi connectivity index (χ0) is 27.5. The fourth-order valence-electron chi connectivity index (χ4n) is 4.13. The van der Waals surface area contributed by atoms with Gasteiger partial charge in [-0.3, -0.25) is 9.10 Å². The van der Waals surface area contributed by atoms with Crippen LogP contribution >= 0.6 is 11.6 Å². The van der Waals surface area contributed by atoms with E-state index in [1.165, 1.54) is 53.9 Å². The van der Waals surface area contributed by atoms with Gasteiger partial charge in [0.2, 0.25) is 15.9 Å². The van der Waals surface area contributed by atoms with E-state index in [0.29, 0.717) is 18.1 Å². The predicted molar refractivity (Wildman–Crippen MR) is 147 cm³/mol. The van der Waals surface area contributed by atoms with Gasteiger partial charge in [-0.25, -0.2) is 16.8 Å². The minimum absolute atomic E-state index is 0.00663. The smallest absolute Gasteiger partial charge is 0.264 e. The number of carbonyl (C=O) groups excluding carboxylic acids is 1. The molecule has 1 saturated heterocycles. The molecule has 0 unspecified atom stereocenters. The molecule has 1 N–H and O–H groups in total.